The van der Waals surface area contributed by atoms with Gasteiger partial charge in [0.1, 0.15) is 18.0 Å². The maximum Gasteiger partial charge on any atom is 0.230 e. The molecule has 3 aromatic rings. The van der Waals surface area contributed by atoms with E-state index in [9.17, 15) is 0 Å². The van der Waals surface area contributed by atoms with E-state index in [-0.39, 0.29) is 0 Å². The van der Waals surface area contributed by atoms with E-state index in [0.717, 1.165) is 5.69 Å². The average Bonchev–Trinajstić information content (AvgIpc) is 2.68. The molecule has 0 amide bonds. The number of benzene rings is 1. The van der Waals surface area contributed by atoms with Crippen molar-refractivity contribution < 1.29 is 14.2 Å². The molecule has 0 radical (unpaired) electrons. The molecule has 0 bridgehead atoms. The Morgan fingerprint density at radius 1 is 0.808 bits per heavy atom. The van der Waals surface area contributed by atoms with Gasteiger partial charge in [-0.25, -0.2) is 15.0 Å². The maximum atomic E-state index is 5.36. The van der Waals surface area contributed by atoms with Crippen molar-refractivity contribution in [3.8, 4) is 17.2 Å². The summed E-state index contributed by atoms with van der Waals surface area (Å²) in [6.07, 6.45) is 4.71. The standard InChI is InChI=1S/C17H18N6O3/c1-24-12-8-11(9-13(25-2)16(12)26-3)21-15-5-7-19-17(23-15)22-14-4-6-18-10-20-14/h4-10H,1-3H3,(H2,18,19,20,21,22,23). The van der Waals surface area contributed by atoms with E-state index in [2.05, 4.69) is 30.6 Å². The summed E-state index contributed by atoms with van der Waals surface area (Å²) in [5.74, 6) is 3.21. The largest absolute Gasteiger partial charge is 0.493 e. The molecule has 134 valence electrons. The van der Waals surface area contributed by atoms with E-state index in [1.54, 1.807) is 58.0 Å². The Balaban J connectivity index is 1.84. The van der Waals surface area contributed by atoms with Crippen LogP contribution < -0.4 is 24.8 Å². The minimum Gasteiger partial charge on any atom is -0.493 e. The highest BCUT2D eigenvalue weighted by atomic mass is 16.5. The molecule has 0 saturated heterocycles. The van der Waals surface area contributed by atoms with Gasteiger partial charge in [0.2, 0.25) is 11.7 Å². The third-order valence-corrected chi connectivity index (χ3v) is 3.41. The lowest BCUT2D eigenvalue weighted by atomic mass is 10.2. The van der Waals surface area contributed by atoms with Crippen LogP contribution in [-0.4, -0.2) is 41.3 Å². The Hall–Kier alpha value is -3.62. The third kappa shape index (κ3) is 3.89. The van der Waals surface area contributed by atoms with Crippen LogP contribution >= 0.6 is 0 Å². The van der Waals surface area contributed by atoms with Crippen LogP contribution in [0.25, 0.3) is 0 Å². The number of ether oxygens (including phenoxy) is 3. The highest BCUT2D eigenvalue weighted by Crippen LogP contribution is 2.40. The SMILES string of the molecule is COc1cc(Nc2ccnc(Nc3ccncn3)n2)cc(OC)c1OC. The van der Waals surface area contributed by atoms with Crippen LogP contribution in [0.15, 0.2) is 43.0 Å². The lowest BCUT2D eigenvalue weighted by Gasteiger charge is -2.15. The van der Waals surface area contributed by atoms with Crippen LogP contribution in [-0.2, 0) is 0 Å². The zero-order valence-corrected chi connectivity index (χ0v) is 14.6. The second kappa shape index (κ2) is 7.97. The first-order chi connectivity index (χ1) is 12.7. The number of anilines is 4. The molecule has 3 rings (SSSR count). The fourth-order valence-electron chi connectivity index (χ4n) is 2.27. The van der Waals surface area contributed by atoms with Gasteiger partial charge in [-0.3, -0.25) is 0 Å². The number of hydrogen-bond acceptors (Lipinski definition) is 9. The van der Waals surface area contributed by atoms with Gasteiger partial charge in [-0.1, -0.05) is 0 Å². The highest BCUT2D eigenvalue weighted by molar-refractivity contribution is 5.67. The zero-order chi connectivity index (χ0) is 18.4. The van der Waals surface area contributed by atoms with Gasteiger partial charge in [0.05, 0.1) is 21.3 Å². The number of nitrogens with zero attached hydrogens (tertiary/aromatic N) is 4. The molecule has 0 saturated carbocycles. The molecule has 9 heteroatoms. The first-order valence-corrected chi connectivity index (χ1v) is 7.66. The molecule has 0 aliphatic rings. The van der Waals surface area contributed by atoms with Crippen LogP contribution in [0.2, 0.25) is 0 Å². The second-order valence-electron chi connectivity index (χ2n) is 5.02. The van der Waals surface area contributed by atoms with Crippen molar-refractivity contribution in [1.29, 1.82) is 0 Å². The minimum atomic E-state index is 0.404. The molecule has 9 nitrogen and oxygen atoms in total. The Morgan fingerprint density at radius 2 is 1.54 bits per heavy atom. The molecule has 26 heavy (non-hydrogen) atoms. The first kappa shape index (κ1) is 17.2. The van der Waals surface area contributed by atoms with Crippen molar-refractivity contribution in [2.45, 2.75) is 0 Å². The van der Waals surface area contributed by atoms with Crippen LogP contribution in [0.5, 0.6) is 17.2 Å². The summed E-state index contributed by atoms with van der Waals surface area (Å²) in [4.78, 5) is 16.5. The van der Waals surface area contributed by atoms with Gasteiger partial charge in [-0.15, -0.1) is 0 Å². The van der Waals surface area contributed by atoms with E-state index in [0.29, 0.717) is 34.8 Å². The predicted octanol–water partition coefficient (Wildman–Crippen LogP) is 2.78. The summed E-state index contributed by atoms with van der Waals surface area (Å²) in [6.45, 7) is 0. The number of nitrogens with one attached hydrogen (secondary N) is 2. The summed E-state index contributed by atoms with van der Waals surface area (Å²) in [5, 5.41) is 6.20. The number of rotatable bonds is 7. The van der Waals surface area contributed by atoms with Gasteiger partial charge in [0, 0.05) is 30.2 Å². The van der Waals surface area contributed by atoms with Crippen LogP contribution in [0.4, 0.5) is 23.3 Å². The molecule has 1 aromatic carbocycles. The van der Waals surface area contributed by atoms with Crippen molar-refractivity contribution in [1.82, 2.24) is 19.9 Å². The Kier molecular flexibility index (Phi) is 5.28. The monoisotopic (exact) mass is 354 g/mol. The fourth-order valence-corrected chi connectivity index (χ4v) is 2.27. The average molecular weight is 354 g/mol. The second-order valence-corrected chi connectivity index (χ2v) is 5.02. The molecule has 2 heterocycles. The lowest BCUT2D eigenvalue weighted by molar-refractivity contribution is 0.324. The highest BCUT2D eigenvalue weighted by Gasteiger charge is 2.13. The number of aromatic nitrogens is 4. The molecule has 0 fully saturated rings. The summed E-state index contributed by atoms with van der Waals surface area (Å²) in [7, 11) is 4.69. The molecule has 0 spiro atoms. The van der Waals surface area contributed by atoms with Gasteiger partial charge < -0.3 is 24.8 Å². The van der Waals surface area contributed by atoms with Gasteiger partial charge in [-0.05, 0) is 12.1 Å². The Bertz CT molecular complexity index is 850. The molecular weight excluding hydrogens is 336 g/mol. The van der Waals surface area contributed by atoms with Crippen molar-refractivity contribution in [2.75, 3.05) is 32.0 Å². The molecule has 0 atom stereocenters. The molecular formula is C17H18N6O3. The quantitative estimate of drug-likeness (QED) is 0.663. The van der Waals surface area contributed by atoms with Crippen molar-refractivity contribution >= 4 is 23.3 Å². The number of hydrogen-bond donors (Lipinski definition) is 2. The van der Waals surface area contributed by atoms with Crippen molar-refractivity contribution in [3.05, 3.63) is 43.0 Å². The van der Waals surface area contributed by atoms with Gasteiger partial charge in [0.15, 0.2) is 11.5 Å². The summed E-state index contributed by atoms with van der Waals surface area (Å²) >= 11 is 0. The normalized spacial score (nSPS) is 10.1. The summed E-state index contributed by atoms with van der Waals surface area (Å²) in [5.41, 5.74) is 0.728. The summed E-state index contributed by atoms with van der Waals surface area (Å²) < 4.78 is 16.0. The van der Waals surface area contributed by atoms with Gasteiger partial charge in [0.25, 0.3) is 0 Å². The first-order valence-electron chi connectivity index (χ1n) is 7.66. The molecule has 2 N–H and O–H groups in total. The van der Waals surface area contributed by atoms with Crippen molar-refractivity contribution in [2.24, 2.45) is 0 Å². The Labute approximate surface area is 150 Å². The van der Waals surface area contributed by atoms with Gasteiger partial charge >= 0.3 is 0 Å². The van der Waals surface area contributed by atoms with E-state index >= 15 is 0 Å². The predicted molar refractivity (Wildman–Crippen MR) is 96.7 cm³/mol. The molecule has 0 unspecified atom stereocenters. The van der Waals surface area contributed by atoms with E-state index in [4.69, 9.17) is 14.2 Å². The smallest absolute Gasteiger partial charge is 0.230 e. The fraction of sp³-hybridized carbons (Fsp3) is 0.176. The molecule has 0 aliphatic heterocycles. The third-order valence-electron chi connectivity index (χ3n) is 3.41. The zero-order valence-electron chi connectivity index (χ0n) is 14.6. The van der Waals surface area contributed by atoms with E-state index in [1.165, 1.54) is 6.33 Å². The lowest BCUT2D eigenvalue weighted by Crippen LogP contribution is -2.02. The molecule has 2 aromatic heterocycles. The Morgan fingerprint density at radius 3 is 2.15 bits per heavy atom. The van der Waals surface area contributed by atoms with Crippen LogP contribution in [0.1, 0.15) is 0 Å². The van der Waals surface area contributed by atoms with Crippen LogP contribution in [0.3, 0.4) is 0 Å². The minimum absolute atomic E-state index is 0.404. The van der Waals surface area contributed by atoms with E-state index in [1.807, 2.05) is 0 Å². The number of methoxy groups -OCH3 is 3. The van der Waals surface area contributed by atoms with E-state index < -0.39 is 0 Å². The van der Waals surface area contributed by atoms with Crippen molar-refractivity contribution in [3.63, 3.8) is 0 Å². The van der Waals surface area contributed by atoms with Gasteiger partial charge in [-0.2, -0.15) is 4.98 Å². The maximum absolute atomic E-state index is 5.36. The summed E-state index contributed by atoms with van der Waals surface area (Å²) in [6, 6.07) is 7.05. The molecule has 0 aliphatic carbocycles. The van der Waals surface area contributed by atoms with Crippen LogP contribution in [0, 0.1) is 0 Å². The topological polar surface area (TPSA) is 103 Å².